The predicted octanol–water partition coefficient (Wildman–Crippen LogP) is 1.68. The van der Waals surface area contributed by atoms with Gasteiger partial charge in [0.15, 0.2) is 7.60 Å². The van der Waals surface area contributed by atoms with Crippen LogP contribution in [0.15, 0.2) is 72.4 Å². The molecule has 0 radical (unpaired) electrons. The fraction of sp³-hybridized carbons (Fsp3) is 0.269. The van der Waals surface area contributed by atoms with E-state index in [0.29, 0.717) is 5.57 Å². The lowest BCUT2D eigenvalue weighted by atomic mass is 10.1. The highest BCUT2D eigenvalue weighted by Gasteiger charge is 2.45. The average molecular weight is 679 g/mol. The van der Waals surface area contributed by atoms with E-state index < -0.39 is 75.7 Å². The summed E-state index contributed by atoms with van der Waals surface area (Å²) in [6, 6.07) is 12.8. The van der Waals surface area contributed by atoms with Gasteiger partial charge in [-0.2, -0.15) is 0 Å². The Morgan fingerprint density at radius 2 is 1.80 bits per heavy atom. The molecule has 18 nitrogen and oxygen atoms in total. The lowest BCUT2D eigenvalue weighted by Gasteiger charge is -2.32. The molecule has 244 valence electrons. The number of nitro benzene ring substituents is 1. The number of carbonyl (C=O) groups excluding carboxylic acids is 2. The van der Waals surface area contributed by atoms with Crippen LogP contribution in [0.4, 0.5) is 10.5 Å². The Morgan fingerprint density at radius 1 is 1.11 bits per heavy atom. The number of aliphatic carboxylic acids is 1. The van der Waals surface area contributed by atoms with E-state index in [1.54, 1.807) is 24.3 Å². The quantitative estimate of drug-likeness (QED) is 0.140. The van der Waals surface area contributed by atoms with Gasteiger partial charge in [0.25, 0.3) is 13.5 Å². The summed E-state index contributed by atoms with van der Waals surface area (Å²) in [7, 11) is -11.1. The first-order valence-electron chi connectivity index (χ1n) is 13.2. The zero-order valence-corrected chi connectivity index (χ0v) is 25.0. The molecular weight excluding hydrogens is 656 g/mol. The molecule has 1 saturated heterocycles. The molecule has 0 bridgehead atoms. The molecule has 2 N–H and O–H groups in total. The van der Waals surface area contributed by atoms with E-state index in [2.05, 4.69) is 14.2 Å². The van der Waals surface area contributed by atoms with Crippen LogP contribution >= 0.6 is 15.4 Å². The molecule has 2 aromatic rings. The fourth-order valence-corrected chi connectivity index (χ4v) is 7.04. The van der Waals surface area contributed by atoms with Crippen LogP contribution in [0.25, 0.3) is 5.76 Å². The van der Waals surface area contributed by atoms with Gasteiger partial charge in [-0.1, -0.05) is 30.3 Å². The van der Waals surface area contributed by atoms with Crippen LogP contribution in [0.5, 0.6) is 0 Å². The standard InChI is InChI=1S/C26H25N3O15P2/c30-23(31)14-45(36,37)44-46(38,39)40-13-21-20(43-25(32)15-6-2-1-3-7-15)11-22(41-21)28-12-16-10-19(42-24(16)27-26(28)33)17-8-4-5-9-18(17)29(34)35/h1-10,12,20-22,24H,11,13-14H2,(H,27,33)(H,30,31)(H,36,37)(H,38,39)/p-2/t20-,21-,22-,24?/m1/s1. The van der Waals surface area contributed by atoms with Crippen LogP contribution in [0.1, 0.15) is 22.3 Å². The number of esters is 1. The van der Waals surface area contributed by atoms with Crippen LogP contribution in [0, 0.1) is 10.1 Å². The van der Waals surface area contributed by atoms with Crippen LogP contribution < -0.4 is 15.1 Å². The third kappa shape index (κ3) is 7.68. The molecule has 0 aliphatic carbocycles. The van der Waals surface area contributed by atoms with Gasteiger partial charge in [0, 0.05) is 24.3 Å². The summed E-state index contributed by atoms with van der Waals surface area (Å²) in [5.74, 6) is -2.57. The highest BCUT2D eigenvalue weighted by molar-refractivity contribution is 7.63. The predicted molar refractivity (Wildman–Crippen MR) is 148 cm³/mol. The van der Waals surface area contributed by atoms with Crippen LogP contribution in [0.3, 0.4) is 0 Å². The van der Waals surface area contributed by atoms with Crippen molar-refractivity contribution in [3.05, 3.63) is 93.7 Å². The van der Waals surface area contributed by atoms with Crippen molar-refractivity contribution in [2.75, 3.05) is 12.8 Å². The Bertz CT molecular complexity index is 1710. The third-order valence-corrected chi connectivity index (χ3v) is 9.62. The van der Waals surface area contributed by atoms with Gasteiger partial charge in [0.05, 0.1) is 22.7 Å². The number of urea groups is 1. The molecule has 5 rings (SSSR count). The van der Waals surface area contributed by atoms with Crippen molar-refractivity contribution in [3.63, 3.8) is 0 Å². The Morgan fingerprint density at radius 3 is 2.50 bits per heavy atom. The smallest absolute Gasteiger partial charge is 0.338 e. The molecular formula is C26H23N3O15P2-2. The molecule has 3 aliphatic rings. The highest BCUT2D eigenvalue weighted by atomic mass is 31.3. The number of phosphoric acid groups is 1. The van der Waals surface area contributed by atoms with Gasteiger partial charge < -0.3 is 38.2 Å². The van der Waals surface area contributed by atoms with Gasteiger partial charge in [-0.3, -0.25) is 34.0 Å². The average Bonchev–Trinajstić information content (AvgIpc) is 3.58. The molecule has 3 aliphatic heterocycles. The molecule has 2 amide bonds. The van der Waals surface area contributed by atoms with Gasteiger partial charge in [0.2, 0.25) is 6.23 Å². The number of hydrogen-bond acceptors (Lipinski definition) is 14. The first kappa shape index (κ1) is 33.0. The number of nitro groups is 1. The number of rotatable bonds is 12. The number of benzene rings is 2. The number of carboxylic acid groups (broad SMARTS) is 1. The van der Waals surface area contributed by atoms with Gasteiger partial charge in [-0.05, 0) is 24.3 Å². The summed E-state index contributed by atoms with van der Waals surface area (Å²) in [4.78, 5) is 72.5. The maximum atomic E-state index is 13.1. The number of hydrogen-bond donors (Lipinski definition) is 2. The Hall–Kier alpha value is -4.41. The van der Waals surface area contributed by atoms with E-state index in [9.17, 15) is 43.4 Å². The molecule has 2 aromatic carbocycles. The van der Waals surface area contributed by atoms with Crippen molar-refractivity contribution in [2.24, 2.45) is 0 Å². The number of carboxylic acids is 1. The second kappa shape index (κ2) is 13.1. The Balaban J connectivity index is 1.36. The lowest BCUT2D eigenvalue weighted by molar-refractivity contribution is -0.385. The maximum absolute atomic E-state index is 13.1. The molecule has 6 atom stereocenters. The van der Waals surface area contributed by atoms with Crippen molar-refractivity contribution in [3.8, 4) is 0 Å². The van der Waals surface area contributed by atoms with E-state index in [-0.39, 0.29) is 29.0 Å². The summed E-state index contributed by atoms with van der Waals surface area (Å²) in [5, 5.41) is 22.7. The van der Waals surface area contributed by atoms with Gasteiger partial charge in [-0.15, -0.1) is 0 Å². The van der Waals surface area contributed by atoms with E-state index in [4.69, 9.17) is 19.3 Å². The maximum Gasteiger partial charge on any atom is 0.338 e. The summed E-state index contributed by atoms with van der Waals surface area (Å²) >= 11 is 0. The minimum Gasteiger partial charge on any atom is -0.778 e. The summed E-state index contributed by atoms with van der Waals surface area (Å²) in [5.41, 5.74) is 0.454. The second-order valence-corrected chi connectivity index (χ2v) is 13.3. The Kier molecular flexibility index (Phi) is 9.42. The zero-order valence-electron chi connectivity index (χ0n) is 23.2. The normalized spacial score (nSPS) is 24.7. The van der Waals surface area contributed by atoms with Gasteiger partial charge in [0.1, 0.15) is 30.4 Å². The number of fused-ring (bicyclic) bond motifs is 1. The molecule has 3 heterocycles. The number of nitrogens with one attached hydrogen (secondary N) is 1. The van der Waals surface area contributed by atoms with Crippen molar-refractivity contribution in [1.29, 1.82) is 0 Å². The third-order valence-electron chi connectivity index (χ3n) is 6.70. The van der Waals surface area contributed by atoms with Crippen molar-refractivity contribution < 1.29 is 66.4 Å². The first-order chi connectivity index (χ1) is 21.7. The van der Waals surface area contributed by atoms with Gasteiger partial charge in [-0.25, -0.2) is 9.59 Å². The van der Waals surface area contributed by atoms with Crippen molar-refractivity contribution in [1.82, 2.24) is 10.2 Å². The summed E-state index contributed by atoms with van der Waals surface area (Å²) in [6.45, 7) is -0.948. The van der Waals surface area contributed by atoms with E-state index in [1.165, 1.54) is 42.6 Å². The number of ether oxygens (including phenoxy) is 3. The second-order valence-electron chi connectivity index (χ2n) is 9.93. The number of para-hydroxylation sites is 1. The van der Waals surface area contributed by atoms with Crippen molar-refractivity contribution >= 4 is 44.8 Å². The SMILES string of the molecule is O=C(O)CP(=O)([O-])OP(=O)([O-])OC[C@H]1O[C@@H](N2C=C3C=C(c4ccccc4[N+](=O)[O-])OC3NC2=O)C[C@H]1OC(=O)c1ccccc1. The molecule has 0 spiro atoms. The molecule has 20 heteroatoms. The number of nitrogens with zero attached hydrogens (tertiary/aromatic N) is 2. The van der Waals surface area contributed by atoms with Crippen LogP contribution in [0.2, 0.25) is 0 Å². The molecule has 0 aromatic heterocycles. The van der Waals surface area contributed by atoms with E-state index in [1.807, 2.05) is 0 Å². The number of phosphoric ester groups is 1. The summed E-state index contributed by atoms with van der Waals surface area (Å²) < 4.78 is 49.7. The topological polar surface area (TPSA) is 256 Å². The zero-order chi connectivity index (χ0) is 33.2. The minimum absolute atomic E-state index is 0.115. The Labute approximate surface area is 259 Å². The summed E-state index contributed by atoms with van der Waals surface area (Å²) in [6.07, 6.45) is -3.83. The molecule has 3 unspecified atom stereocenters. The molecule has 46 heavy (non-hydrogen) atoms. The fourth-order valence-electron chi connectivity index (χ4n) is 4.74. The lowest BCUT2D eigenvalue weighted by Crippen LogP contribution is -2.51. The van der Waals surface area contributed by atoms with Crippen molar-refractivity contribution in [2.45, 2.75) is 31.1 Å². The van der Waals surface area contributed by atoms with E-state index in [0.717, 1.165) is 4.90 Å². The highest BCUT2D eigenvalue weighted by Crippen LogP contribution is 2.55. The molecule has 1 fully saturated rings. The van der Waals surface area contributed by atoms with Crippen LogP contribution in [-0.2, 0) is 37.0 Å². The van der Waals surface area contributed by atoms with Crippen LogP contribution in [-0.4, -0.2) is 70.3 Å². The molecule has 0 saturated carbocycles. The largest absolute Gasteiger partial charge is 0.778 e. The first-order valence-corrected chi connectivity index (χ1v) is 16.4. The number of carbonyl (C=O) groups is 3. The van der Waals surface area contributed by atoms with Gasteiger partial charge >= 0.3 is 18.0 Å². The van der Waals surface area contributed by atoms with E-state index >= 15 is 0 Å². The number of amides is 2. The monoisotopic (exact) mass is 679 g/mol. The minimum atomic E-state index is -5.65.